The minimum atomic E-state index is -0.529. The van der Waals surface area contributed by atoms with Gasteiger partial charge in [0.2, 0.25) is 0 Å². The van der Waals surface area contributed by atoms with E-state index in [4.69, 9.17) is 4.74 Å². The Bertz CT molecular complexity index is 568. The summed E-state index contributed by atoms with van der Waals surface area (Å²) in [7, 11) is 0. The average molecular weight is 310 g/mol. The van der Waals surface area contributed by atoms with E-state index in [1.807, 2.05) is 27.7 Å². The van der Waals surface area contributed by atoms with Crippen LogP contribution in [0.1, 0.15) is 67.3 Å². The van der Waals surface area contributed by atoms with Crippen LogP contribution in [0.4, 0.5) is 4.79 Å². The standard InChI is InChI=1S/C15H22N2O3S/c1-9-11(10(2)18)21-12(16-9)15(7-6-8-15)17-13(19)20-14(3,4)5/h6-8H2,1-5H3,(H,17,19). The highest BCUT2D eigenvalue weighted by atomic mass is 32.1. The number of carbonyl (C=O) groups excluding carboxylic acids is 2. The topological polar surface area (TPSA) is 68.3 Å². The molecule has 1 amide bonds. The SMILES string of the molecule is CC(=O)c1sc(C2(NC(=O)OC(C)(C)C)CCC2)nc1C. The highest BCUT2D eigenvalue weighted by Crippen LogP contribution is 2.43. The van der Waals surface area contributed by atoms with Gasteiger partial charge in [0, 0.05) is 6.92 Å². The molecule has 1 aliphatic rings. The van der Waals surface area contributed by atoms with Gasteiger partial charge < -0.3 is 10.1 Å². The lowest BCUT2D eigenvalue weighted by atomic mass is 9.77. The third kappa shape index (κ3) is 3.43. The monoisotopic (exact) mass is 310 g/mol. The number of carbonyl (C=O) groups is 2. The van der Waals surface area contributed by atoms with E-state index in [1.54, 1.807) is 6.92 Å². The Kier molecular flexibility index (Phi) is 4.10. The number of hydrogen-bond acceptors (Lipinski definition) is 5. The predicted octanol–water partition coefficient (Wildman–Crippen LogP) is 3.56. The summed E-state index contributed by atoms with van der Waals surface area (Å²) in [5.74, 6) is 0.0167. The van der Waals surface area contributed by atoms with Crippen LogP contribution in [-0.2, 0) is 10.3 Å². The fourth-order valence-electron chi connectivity index (χ4n) is 2.35. The maximum Gasteiger partial charge on any atom is 0.408 e. The summed E-state index contributed by atoms with van der Waals surface area (Å²) in [5.41, 5.74) is -0.260. The molecule has 1 saturated carbocycles. The van der Waals surface area contributed by atoms with Gasteiger partial charge in [-0.2, -0.15) is 0 Å². The molecule has 6 heteroatoms. The van der Waals surface area contributed by atoms with Crippen LogP contribution in [0.2, 0.25) is 0 Å². The van der Waals surface area contributed by atoms with Crippen molar-refractivity contribution in [2.24, 2.45) is 0 Å². The Morgan fingerprint density at radius 1 is 1.33 bits per heavy atom. The fourth-order valence-corrected chi connectivity index (χ4v) is 3.51. The Morgan fingerprint density at radius 2 is 1.95 bits per heavy atom. The van der Waals surface area contributed by atoms with Crippen molar-refractivity contribution in [1.29, 1.82) is 0 Å². The molecule has 1 N–H and O–H groups in total. The number of ether oxygens (including phenoxy) is 1. The molecule has 0 atom stereocenters. The average Bonchev–Trinajstić information content (AvgIpc) is 2.63. The number of thiazole rings is 1. The van der Waals surface area contributed by atoms with Gasteiger partial charge in [-0.15, -0.1) is 11.3 Å². The number of aryl methyl sites for hydroxylation is 1. The lowest BCUT2D eigenvalue weighted by molar-refractivity contribution is 0.0377. The number of alkyl carbamates (subject to hydrolysis) is 1. The molecule has 21 heavy (non-hydrogen) atoms. The summed E-state index contributed by atoms with van der Waals surface area (Å²) in [6.45, 7) is 8.87. The molecular weight excluding hydrogens is 288 g/mol. The number of ketones is 1. The lowest BCUT2D eigenvalue weighted by Crippen LogP contribution is -2.52. The first-order valence-corrected chi connectivity index (χ1v) is 7.95. The van der Waals surface area contributed by atoms with E-state index in [9.17, 15) is 9.59 Å². The van der Waals surface area contributed by atoms with E-state index in [0.29, 0.717) is 4.88 Å². The van der Waals surface area contributed by atoms with E-state index in [0.717, 1.165) is 30.0 Å². The molecule has 0 spiro atoms. The molecule has 1 aromatic heterocycles. The quantitative estimate of drug-likeness (QED) is 0.867. The van der Waals surface area contributed by atoms with Crippen molar-refractivity contribution in [3.05, 3.63) is 15.6 Å². The number of aromatic nitrogens is 1. The molecular formula is C15H22N2O3S. The first-order valence-electron chi connectivity index (χ1n) is 7.13. The van der Waals surface area contributed by atoms with E-state index >= 15 is 0 Å². The maximum atomic E-state index is 12.0. The first-order chi connectivity index (χ1) is 9.63. The highest BCUT2D eigenvalue weighted by Gasteiger charge is 2.44. The second-order valence-electron chi connectivity index (χ2n) is 6.55. The Balaban J connectivity index is 2.20. The maximum absolute atomic E-state index is 12.0. The normalized spacial score (nSPS) is 17.0. The van der Waals surface area contributed by atoms with E-state index in [-0.39, 0.29) is 5.78 Å². The molecule has 0 radical (unpaired) electrons. The molecule has 0 saturated heterocycles. The van der Waals surface area contributed by atoms with Crippen LogP contribution in [0.3, 0.4) is 0 Å². The summed E-state index contributed by atoms with van der Waals surface area (Å²) in [5, 5.41) is 3.77. The van der Waals surface area contributed by atoms with Crippen molar-refractivity contribution in [3.8, 4) is 0 Å². The van der Waals surface area contributed by atoms with Crippen LogP contribution in [0.5, 0.6) is 0 Å². The van der Waals surface area contributed by atoms with E-state index in [2.05, 4.69) is 10.3 Å². The van der Waals surface area contributed by atoms with Gasteiger partial charge in [-0.1, -0.05) is 0 Å². The lowest BCUT2D eigenvalue weighted by Gasteiger charge is -2.40. The van der Waals surface area contributed by atoms with Crippen molar-refractivity contribution < 1.29 is 14.3 Å². The van der Waals surface area contributed by atoms with Gasteiger partial charge in [-0.05, 0) is 47.0 Å². The first kappa shape index (κ1) is 15.9. The zero-order valence-electron chi connectivity index (χ0n) is 13.2. The Labute approximate surface area is 129 Å². The van der Waals surface area contributed by atoms with E-state index < -0.39 is 17.2 Å². The molecule has 1 heterocycles. The highest BCUT2D eigenvalue weighted by molar-refractivity contribution is 7.14. The Hall–Kier alpha value is -1.43. The van der Waals surface area contributed by atoms with Gasteiger partial charge in [-0.3, -0.25) is 4.79 Å². The molecule has 116 valence electrons. The molecule has 0 aromatic carbocycles. The van der Waals surface area contributed by atoms with E-state index in [1.165, 1.54) is 11.3 Å². The van der Waals surface area contributed by atoms with Crippen LogP contribution < -0.4 is 5.32 Å². The largest absolute Gasteiger partial charge is 0.444 e. The second kappa shape index (κ2) is 5.40. The van der Waals surface area contributed by atoms with Crippen LogP contribution in [0, 0.1) is 6.92 Å². The third-order valence-electron chi connectivity index (χ3n) is 3.47. The summed E-state index contributed by atoms with van der Waals surface area (Å²) < 4.78 is 5.33. The number of Topliss-reactive ketones (excluding diaryl/α,β-unsaturated/α-hetero) is 1. The number of amides is 1. The molecule has 0 aliphatic heterocycles. The van der Waals surface area contributed by atoms with Crippen molar-refractivity contribution in [2.75, 3.05) is 0 Å². The summed E-state index contributed by atoms with van der Waals surface area (Å²) >= 11 is 1.38. The third-order valence-corrected chi connectivity index (χ3v) is 4.94. The number of hydrogen-bond donors (Lipinski definition) is 1. The van der Waals surface area contributed by atoms with Crippen molar-refractivity contribution in [3.63, 3.8) is 0 Å². The molecule has 0 unspecified atom stereocenters. The van der Waals surface area contributed by atoms with Gasteiger partial charge in [0.15, 0.2) is 5.78 Å². The number of rotatable bonds is 3. The van der Waals surface area contributed by atoms with Crippen molar-refractivity contribution in [2.45, 2.75) is 65.0 Å². The van der Waals surface area contributed by atoms with Gasteiger partial charge in [-0.25, -0.2) is 9.78 Å². The molecule has 0 bridgehead atoms. The molecule has 5 nitrogen and oxygen atoms in total. The minimum Gasteiger partial charge on any atom is -0.444 e. The second-order valence-corrected chi connectivity index (χ2v) is 7.55. The number of nitrogens with one attached hydrogen (secondary N) is 1. The Morgan fingerprint density at radius 3 is 2.33 bits per heavy atom. The van der Waals surface area contributed by atoms with Crippen molar-refractivity contribution in [1.82, 2.24) is 10.3 Å². The van der Waals surface area contributed by atoms with Gasteiger partial charge >= 0.3 is 6.09 Å². The van der Waals surface area contributed by atoms with Gasteiger partial charge in [0.05, 0.1) is 16.1 Å². The fraction of sp³-hybridized carbons (Fsp3) is 0.667. The molecule has 2 rings (SSSR count). The van der Waals surface area contributed by atoms with Crippen LogP contribution in [0.25, 0.3) is 0 Å². The zero-order chi connectivity index (χ0) is 15.8. The summed E-state index contributed by atoms with van der Waals surface area (Å²) in [6.07, 6.45) is 2.26. The predicted molar refractivity (Wildman–Crippen MR) is 81.8 cm³/mol. The molecule has 1 aliphatic carbocycles. The van der Waals surface area contributed by atoms with Crippen LogP contribution in [-0.4, -0.2) is 22.5 Å². The van der Waals surface area contributed by atoms with Crippen LogP contribution in [0.15, 0.2) is 0 Å². The smallest absolute Gasteiger partial charge is 0.408 e. The molecule has 1 aromatic rings. The summed E-state index contributed by atoms with van der Waals surface area (Å²) in [6, 6.07) is 0. The van der Waals surface area contributed by atoms with Crippen LogP contribution >= 0.6 is 11.3 Å². The van der Waals surface area contributed by atoms with Gasteiger partial charge in [0.25, 0.3) is 0 Å². The van der Waals surface area contributed by atoms with Gasteiger partial charge in [0.1, 0.15) is 10.6 Å². The number of nitrogens with zero attached hydrogens (tertiary/aromatic N) is 1. The van der Waals surface area contributed by atoms with Crippen molar-refractivity contribution >= 4 is 23.2 Å². The minimum absolute atomic E-state index is 0.0167. The zero-order valence-corrected chi connectivity index (χ0v) is 14.0. The molecule has 1 fully saturated rings. The summed E-state index contributed by atoms with van der Waals surface area (Å²) in [4.78, 5) is 28.8.